The number of carbonyl (C=O) groups is 1. The van der Waals surface area contributed by atoms with Crippen molar-refractivity contribution >= 4 is 17.3 Å². The normalized spacial score (nSPS) is 16.7. The number of hydrogen-bond acceptors (Lipinski definition) is 4. The summed E-state index contributed by atoms with van der Waals surface area (Å²) >= 11 is 0. The molecule has 3 N–H and O–H groups in total. The number of anilines is 2. The Labute approximate surface area is 119 Å². The van der Waals surface area contributed by atoms with Crippen molar-refractivity contribution in [1.82, 2.24) is 5.06 Å². The highest BCUT2D eigenvalue weighted by atomic mass is 19.4. The molecule has 1 aromatic carbocycles. The van der Waals surface area contributed by atoms with Crippen LogP contribution in [0, 0.1) is 0 Å². The van der Waals surface area contributed by atoms with Crippen LogP contribution in [0.15, 0.2) is 18.2 Å². The van der Waals surface area contributed by atoms with Crippen molar-refractivity contribution in [3.8, 4) is 0 Å². The molecule has 5 nitrogen and oxygen atoms in total. The molecule has 1 aliphatic rings. The number of nitrogens with one attached hydrogen (secondary N) is 1. The van der Waals surface area contributed by atoms with E-state index >= 15 is 0 Å². The third-order valence-electron chi connectivity index (χ3n) is 3.05. The van der Waals surface area contributed by atoms with E-state index in [1.807, 2.05) is 0 Å². The zero-order chi connectivity index (χ0) is 15.5. The van der Waals surface area contributed by atoms with Gasteiger partial charge in [0, 0.05) is 6.54 Å². The second kappa shape index (κ2) is 6.31. The van der Waals surface area contributed by atoms with Gasteiger partial charge < -0.3 is 11.1 Å². The summed E-state index contributed by atoms with van der Waals surface area (Å²) in [7, 11) is 0. The summed E-state index contributed by atoms with van der Waals surface area (Å²) in [5.41, 5.74) is 4.72. The quantitative estimate of drug-likeness (QED) is 0.841. The summed E-state index contributed by atoms with van der Waals surface area (Å²) in [6.07, 6.45) is -2.57. The molecule has 0 bridgehead atoms. The van der Waals surface area contributed by atoms with Crippen LogP contribution in [0.5, 0.6) is 0 Å². The largest absolute Gasteiger partial charge is 0.416 e. The summed E-state index contributed by atoms with van der Waals surface area (Å²) < 4.78 is 37.5. The van der Waals surface area contributed by atoms with E-state index in [0.29, 0.717) is 13.2 Å². The fourth-order valence-electron chi connectivity index (χ4n) is 1.98. The summed E-state index contributed by atoms with van der Waals surface area (Å²) in [6, 6.07) is 2.82. The number of halogens is 3. The SMILES string of the molecule is Nc1cc(C(F)(F)F)ccc1NC(=O)CN1CCCCO1. The summed E-state index contributed by atoms with van der Waals surface area (Å²) in [5.74, 6) is -0.386. The molecule has 1 fully saturated rings. The molecule has 1 aromatic rings. The van der Waals surface area contributed by atoms with Crippen LogP contribution in [-0.2, 0) is 15.8 Å². The van der Waals surface area contributed by atoms with Gasteiger partial charge in [0.1, 0.15) is 6.54 Å². The molecule has 2 rings (SSSR count). The molecule has 8 heteroatoms. The van der Waals surface area contributed by atoms with Crippen molar-refractivity contribution in [3.05, 3.63) is 23.8 Å². The van der Waals surface area contributed by atoms with Crippen molar-refractivity contribution in [2.24, 2.45) is 0 Å². The zero-order valence-electron chi connectivity index (χ0n) is 11.2. The minimum absolute atomic E-state index is 0.0143. The number of carbonyl (C=O) groups excluding carboxylic acids is 1. The van der Waals surface area contributed by atoms with Crippen molar-refractivity contribution < 1.29 is 22.8 Å². The third kappa shape index (κ3) is 4.33. The topological polar surface area (TPSA) is 67.6 Å². The lowest BCUT2D eigenvalue weighted by Gasteiger charge is -2.25. The average molecular weight is 303 g/mol. The monoisotopic (exact) mass is 303 g/mol. The highest BCUT2D eigenvalue weighted by Gasteiger charge is 2.30. The second-order valence-corrected chi connectivity index (χ2v) is 4.75. The number of nitrogen functional groups attached to an aromatic ring is 1. The summed E-state index contributed by atoms with van der Waals surface area (Å²) in [5, 5.41) is 4.01. The van der Waals surface area contributed by atoms with Crippen molar-refractivity contribution in [3.63, 3.8) is 0 Å². The fourth-order valence-corrected chi connectivity index (χ4v) is 1.98. The number of nitrogens with zero attached hydrogens (tertiary/aromatic N) is 1. The van der Waals surface area contributed by atoms with Gasteiger partial charge in [-0.1, -0.05) is 0 Å². The van der Waals surface area contributed by atoms with Crippen LogP contribution in [0.3, 0.4) is 0 Å². The maximum absolute atomic E-state index is 12.5. The van der Waals surface area contributed by atoms with Crippen molar-refractivity contribution in [2.75, 3.05) is 30.7 Å². The van der Waals surface area contributed by atoms with Crippen molar-refractivity contribution in [1.29, 1.82) is 0 Å². The van der Waals surface area contributed by atoms with Crippen LogP contribution in [-0.4, -0.2) is 30.7 Å². The molecule has 1 aliphatic heterocycles. The molecule has 0 saturated carbocycles. The lowest BCUT2D eigenvalue weighted by Crippen LogP contribution is -2.37. The van der Waals surface area contributed by atoms with E-state index in [1.165, 1.54) is 5.06 Å². The highest BCUT2D eigenvalue weighted by molar-refractivity contribution is 5.95. The third-order valence-corrected chi connectivity index (χ3v) is 3.05. The number of nitrogens with two attached hydrogens (primary N) is 1. The fraction of sp³-hybridized carbons (Fsp3) is 0.462. The first-order valence-electron chi connectivity index (χ1n) is 6.51. The van der Waals surface area contributed by atoms with E-state index in [9.17, 15) is 18.0 Å². The van der Waals surface area contributed by atoms with E-state index < -0.39 is 11.7 Å². The molecule has 116 valence electrons. The molecule has 21 heavy (non-hydrogen) atoms. The van der Waals surface area contributed by atoms with Gasteiger partial charge in [-0.2, -0.15) is 18.2 Å². The number of benzene rings is 1. The first-order valence-corrected chi connectivity index (χ1v) is 6.51. The molecule has 0 aromatic heterocycles. The van der Waals surface area contributed by atoms with Crippen LogP contribution in [0.25, 0.3) is 0 Å². The number of hydrogen-bond donors (Lipinski definition) is 2. The summed E-state index contributed by atoms with van der Waals surface area (Å²) in [4.78, 5) is 17.1. The van der Waals surface area contributed by atoms with Gasteiger partial charge in [-0.15, -0.1) is 0 Å². The van der Waals surface area contributed by atoms with E-state index in [4.69, 9.17) is 10.6 Å². The zero-order valence-corrected chi connectivity index (χ0v) is 11.2. The number of amides is 1. The van der Waals surface area contributed by atoms with Crippen LogP contribution < -0.4 is 11.1 Å². The van der Waals surface area contributed by atoms with Gasteiger partial charge in [0.25, 0.3) is 0 Å². The highest BCUT2D eigenvalue weighted by Crippen LogP contribution is 2.32. The summed E-state index contributed by atoms with van der Waals surface area (Å²) in [6.45, 7) is 1.23. The molecule has 0 unspecified atom stereocenters. The number of hydroxylamine groups is 2. The Balaban J connectivity index is 1.97. The molecule has 0 aliphatic carbocycles. The molecule has 0 atom stereocenters. The van der Waals surface area contributed by atoms with Gasteiger partial charge in [0.15, 0.2) is 0 Å². The molecule has 1 amide bonds. The van der Waals surface area contributed by atoms with Crippen LogP contribution >= 0.6 is 0 Å². The predicted molar refractivity (Wildman–Crippen MR) is 71.2 cm³/mol. The van der Waals surface area contributed by atoms with Crippen molar-refractivity contribution in [2.45, 2.75) is 19.0 Å². The minimum Gasteiger partial charge on any atom is -0.397 e. The Morgan fingerprint density at radius 2 is 2.14 bits per heavy atom. The van der Waals surface area contributed by atoms with Gasteiger partial charge in [-0.25, -0.2) is 0 Å². The lowest BCUT2D eigenvalue weighted by molar-refractivity contribution is -0.182. The molecular formula is C13H16F3N3O2. The van der Waals surface area contributed by atoms with Crippen LogP contribution in [0.2, 0.25) is 0 Å². The first kappa shape index (κ1) is 15.6. The molecule has 0 radical (unpaired) electrons. The van der Waals surface area contributed by atoms with Gasteiger partial charge in [0.2, 0.25) is 5.91 Å². The lowest BCUT2D eigenvalue weighted by atomic mass is 10.1. The maximum Gasteiger partial charge on any atom is 0.416 e. The molecule has 1 saturated heterocycles. The average Bonchev–Trinajstić information content (AvgIpc) is 2.41. The van der Waals surface area contributed by atoms with E-state index in [0.717, 1.165) is 31.0 Å². The van der Waals surface area contributed by atoms with Gasteiger partial charge >= 0.3 is 6.18 Å². The Morgan fingerprint density at radius 3 is 2.71 bits per heavy atom. The Bertz CT molecular complexity index is 514. The van der Waals surface area contributed by atoms with Gasteiger partial charge in [-0.3, -0.25) is 9.63 Å². The van der Waals surface area contributed by atoms with Crippen LogP contribution in [0.4, 0.5) is 24.5 Å². The smallest absolute Gasteiger partial charge is 0.397 e. The predicted octanol–water partition coefficient (Wildman–Crippen LogP) is 2.25. The molecule has 0 spiro atoms. The van der Waals surface area contributed by atoms with E-state index in [-0.39, 0.29) is 23.8 Å². The molecular weight excluding hydrogens is 287 g/mol. The van der Waals surface area contributed by atoms with Gasteiger partial charge in [0.05, 0.1) is 23.5 Å². The Hall–Kier alpha value is -1.80. The first-order chi connectivity index (χ1) is 9.86. The number of rotatable bonds is 3. The standard InChI is InChI=1S/C13H16F3N3O2/c14-13(15,16)9-3-4-11(10(17)7-9)18-12(20)8-19-5-1-2-6-21-19/h3-4,7H,1-2,5-6,8,17H2,(H,18,20). The maximum atomic E-state index is 12.5. The minimum atomic E-state index is -4.46. The second-order valence-electron chi connectivity index (χ2n) is 4.75. The van der Waals surface area contributed by atoms with Gasteiger partial charge in [-0.05, 0) is 31.0 Å². The van der Waals surface area contributed by atoms with E-state index in [1.54, 1.807) is 0 Å². The van der Waals surface area contributed by atoms with E-state index in [2.05, 4.69) is 5.32 Å². The van der Waals surface area contributed by atoms with Crippen LogP contribution in [0.1, 0.15) is 18.4 Å². The number of alkyl halides is 3. The Kier molecular flexibility index (Phi) is 4.69. The molecule has 1 heterocycles. The Morgan fingerprint density at radius 1 is 1.38 bits per heavy atom.